The van der Waals surface area contributed by atoms with E-state index in [0.717, 1.165) is 23.5 Å². The molecule has 2 aromatic heterocycles. The van der Waals surface area contributed by atoms with Gasteiger partial charge in [-0.1, -0.05) is 12.1 Å². The number of hydrogen-bond acceptors (Lipinski definition) is 3. The smallest absolute Gasteiger partial charge is 0.253 e. The van der Waals surface area contributed by atoms with Gasteiger partial charge in [0, 0.05) is 48.2 Å². The van der Waals surface area contributed by atoms with Crippen LogP contribution in [0.4, 0.5) is 0 Å². The molecule has 0 aliphatic heterocycles. The molecular weight excluding hydrogens is 306 g/mol. The van der Waals surface area contributed by atoms with Gasteiger partial charge in [0.2, 0.25) is 0 Å². The van der Waals surface area contributed by atoms with E-state index in [9.17, 15) is 4.79 Å². The summed E-state index contributed by atoms with van der Waals surface area (Å²) in [6.07, 6.45) is 7.68. The van der Waals surface area contributed by atoms with Crippen LogP contribution in [0.5, 0.6) is 0 Å². The first-order chi connectivity index (χ1) is 11.1. The number of nitrogens with zero attached hydrogens (tertiary/aromatic N) is 3. The molecule has 0 saturated carbocycles. The number of hydrogen-bond donors (Lipinski definition) is 0. The lowest BCUT2D eigenvalue weighted by atomic mass is 10.2. The van der Waals surface area contributed by atoms with E-state index in [1.807, 2.05) is 25.4 Å². The summed E-state index contributed by atoms with van der Waals surface area (Å²) in [4.78, 5) is 17.6. The maximum atomic E-state index is 11.9. The Morgan fingerprint density at radius 3 is 2.61 bits per heavy atom. The van der Waals surface area contributed by atoms with Gasteiger partial charge in [-0.2, -0.15) is 0 Å². The highest BCUT2D eigenvalue weighted by Crippen LogP contribution is 2.20. The van der Waals surface area contributed by atoms with Gasteiger partial charge < -0.3 is 9.13 Å². The van der Waals surface area contributed by atoms with E-state index < -0.39 is 0 Å². The molecule has 0 saturated heterocycles. The van der Waals surface area contributed by atoms with Crippen molar-refractivity contribution in [3.05, 3.63) is 70.4 Å². The van der Waals surface area contributed by atoms with Crippen molar-refractivity contribution in [1.29, 1.82) is 0 Å². The van der Waals surface area contributed by atoms with Gasteiger partial charge >= 0.3 is 0 Å². The van der Waals surface area contributed by atoms with Crippen molar-refractivity contribution in [2.45, 2.75) is 18.4 Å². The zero-order valence-electron chi connectivity index (χ0n) is 13.5. The van der Waals surface area contributed by atoms with Crippen LogP contribution in [0.15, 0.2) is 58.6 Å². The molecule has 0 aliphatic rings. The van der Waals surface area contributed by atoms with Crippen molar-refractivity contribution < 1.29 is 0 Å². The minimum Gasteiger partial charge on any atom is -0.327 e. The lowest BCUT2D eigenvalue weighted by Gasteiger charge is -2.10. The number of benzene rings is 1. The lowest BCUT2D eigenvalue weighted by molar-refractivity contribution is 0.798. The molecule has 0 spiro atoms. The van der Waals surface area contributed by atoms with Crippen LogP contribution in [-0.4, -0.2) is 20.4 Å². The number of aryl methyl sites for hydroxylation is 2. The van der Waals surface area contributed by atoms with Gasteiger partial charge in [-0.05, 0) is 36.9 Å². The summed E-state index contributed by atoms with van der Waals surface area (Å²) in [5.74, 6) is 0.873. The van der Waals surface area contributed by atoms with Crippen LogP contribution in [-0.2, 0) is 13.6 Å². The summed E-state index contributed by atoms with van der Waals surface area (Å²) in [5, 5.41) is 0. The molecule has 4 nitrogen and oxygen atoms in total. The molecule has 0 amide bonds. The first-order valence-electron chi connectivity index (χ1n) is 7.40. The van der Waals surface area contributed by atoms with Crippen LogP contribution in [0.2, 0.25) is 0 Å². The first kappa shape index (κ1) is 15.6. The summed E-state index contributed by atoms with van der Waals surface area (Å²) in [7, 11) is 1.77. The maximum Gasteiger partial charge on any atom is 0.253 e. The molecule has 0 radical (unpaired) electrons. The van der Waals surface area contributed by atoms with Gasteiger partial charge in [0.1, 0.15) is 5.82 Å². The Balaban J connectivity index is 1.94. The highest BCUT2D eigenvalue weighted by molar-refractivity contribution is 7.98. The molecule has 2 heterocycles. The summed E-state index contributed by atoms with van der Waals surface area (Å²) < 4.78 is 3.71. The molecule has 0 unspecified atom stereocenters. The van der Waals surface area contributed by atoms with E-state index in [1.165, 1.54) is 10.5 Å². The maximum absolute atomic E-state index is 11.9. The van der Waals surface area contributed by atoms with Crippen LogP contribution >= 0.6 is 11.8 Å². The molecule has 0 N–H and O–H groups in total. The predicted molar refractivity (Wildman–Crippen MR) is 95.0 cm³/mol. The van der Waals surface area contributed by atoms with E-state index in [0.29, 0.717) is 0 Å². The van der Waals surface area contributed by atoms with Crippen molar-refractivity contribution in [2.75, 3.05) is 6.26 Å². The highest BCUT2D eigenvalue weighted by Gasteiger charge is 2.09. The summed E-state index contributed by atoms with van der Waals surface area (Å²) in [6, 6.07) is 10.4. The zero-order valence-corrected chi connectivity index (χ0v) is 14.3. The predicted octanol–water partition coefficient (Wildman–Crippen LogP) is 3.33. The fourth-order valence-corrected chi connectivity index (χ4v) is 3.03. The monoisotopic (exact) mass is 325 g/mol. The Morgan fingerprint density at radius 2 is 1.96 bits per heavy atom. The molecule has 118 valence electrons. The molecule has 0 fully saturated rings. The molecule has 0 aliphatic carbocycles. The van der Waals surface area contributed by atoms with Gasteiger partial charge in [0.05, 0.1) is 0 Å². The molecule has 3 aromatic rings. The molecule has 1 aromatic carbocycles. The Kier molecular flexibility index (Phi) is 4.39. The van der Waals surface area contributed by atoms with Crippen LogP contribution in [0.1, 0.15) is 11.1 Å². The SMILES string of the molecule is CSc1ccc(Cn2ccnc2-c2cc(C)c(=O)n(C)c2)cc1. The number of aromatic nitrogens is 3. The number of imidazole rings is 1. The van der Waals surface area contributed by atoms with E-state index in [1.54, 1.807) is 29.6 Å². The topological polar surface area (TPSA) is 39.8 Å². The third-order valence-corrected chi connectivity index (χ3v) is 4.59. The van der Waals surface area contributed by atoms with E-state index >= 15 is 0 Å². The van der Waals surface area contributed by atoms with Gasteiger partial charge in [0.25, 0.3) is 5.56 Å². The van der Waals surface area contributed by atoms with Gasteiger partial charge in [0.15, 0.2) is 0 Å². The fourth-order valence-electron chi connectivity index (χ4n) is 2.62. The van der Waals surface area contributed by atoms with Crippen molar-refractivity contribution in [1.82, 2.24) is 14.1 Å². The quantitative estimate of drug-likeness (QED) is 0.691. The Labute approximate surface area is 139 Å². The third kappa shape index (κ3) is 3.24. The highest BCUT2D eigenvalue weighted by atomic mass is 32.2. The van der Waals surface area contributed by atoms with Crippen molar-refractivity contribution in [2.24, 2.45) is 7.05 Å². The van der Waals surface area contributed by atoms with Crippen molar-refractivity contribution >= 4 is 11.8 Å². The molecular formula is C18H19N3OS. The Hall–Kier alpha value is -2.27. The largest absolute Gasteiger partial charge is 0.327 e. The second-order valence-electron chi connectivity index (χ2n) is 5.55. The number of pyridine rings is 1. The summed E-state index contributed by atoms with van der Waals surface area (Å²) in [6.45, 7) is 2.59. The molecule has 0 bridgehead atoms. The van der Waals surface area contributed by atoms with Gasteiger partial charge in [-0.15, -0.1) is 11.8 Å². The number of rotatable bonds is 4. The second-order valence-corrected chi connectivity index (χ2v) is 6.43. The summed E-state index contributed by atoms with van der Waals surface area (Å²) >= 11 is 1.74. The minimum atomic E-state index is 0.0273. The fraction of sp³-hybridized carbons (Fsp3) is 0.222. The molecule has 3 rings (SSSR count). The van der Waals surface area contributed by atoms with E-state index in [4.69, 9.17) is 0 Å². The molecule has 5 heteroatoms. The van der Waals surface area contributed by atoms with Crippen molar-refractivity contribution in [3.63, 3.8) is 0 Å². The average Bonchev–Trinajstić information content (AvgIpc) is 3.01. The van der Waals surface area contributed by atoms with Gasteiger partial charge in [-0.25, -0.2) is 4.98 Å². The van der Waals surface area contributed by atoms with Crippen molar-refractivity contribution in [3.8, 4) is 11.4 Å². The average molecular weight is 325 g/mol. The second kappa shape index (κ2) is 6.46. The number of thioether (sulfide) groups is 1. The van der Waals surface area contributed by atoms with Crippen LogP contribution in [0, 0.1) is 6.92 Å². The minimum absolute atomic E-state index is 0.0273. The van der Waals surface area contributed by atoms with Crippen LogP contribution in [0.25, 0.3) is 11.4 Å². The molecule has 23 heavy (non-hydrogen) atoms. The van der Waals surface area contributed by atoms with Crippen LogP contribution in [0.3, 0.4) is 0 Å². The Bertz CT molecular complexity index is 852. The summed E-state index contributed by atoms with van der Waals surface area (Å²) in [5.41, 5.74) is 2.93. The zero-order chi connectivity index (χ0) is 16.4. The van der Waals surface area contributed by atoms with E-state index in [2.05, 4.69) is 40.1 Å². The first-order valence-corrected chi connectivity index (χ1v) is 8.62. The standard InChI is InChI=1S/C18H19N3OS/c1-13-10-15(12-20(2)18(13)22)17-19-8-9-21(17)11-14-4-6-16(23-3)7-5-14/h4-10,12H,11H2,1-3H3. The lowest BCUT2D eigenvalue weighted by Crippen LogP contribution is -2.18. The molecule has 0 atom stereocenters. The normalized spacial score (nSPS) is 10.9. The van der Waals surface area contributed by atoms with Crippen LogP contribution < -0.4 is 5.56 Å². The van der Waals surface area contributed by atoms with Gasteiger partial charge in [-0.3, -0.25) is 4.79 Å². The van der Waals surface area contributed by atoms with E-state index in [-0.39, 0.29) is 5.56 Å². The Morgan fingerprint density at radius 1 is 1.22 bits per heavy atom. The third-order valence-electron chi connectivity index (χ3n) is 3.85.